The van der Waals surface area contributed by atoms with E-state index in [0.29, 0.717) is 13.1 Å². The summed E-state index contributed by atoms with van der Waals surface area (Å²) >= 11 is 0. The lowest BCUT2D eigenvalue weighted by atomic mass is 9.90. The topological polar surface area (TPSA) is 70.6 Å². The summed E-state index contributed by atoms with van der Waals surface area (Å²) in [7, 11) is 1.65. The lowest BCUT2D eigenvalue weighted by Gasteiger charge is -2.42. The first-order valence-electron chi connectivity index (χ1n) is 7.82. The number of amides is 1. The van der Waals surface area contributed by atoms with Crippen molar-refractivity contribution in [3.8, 4) is 0 Å². The molecule has 2 aliphatic heterocycles. The Morgan fingerprint density at radius 2 is 1.71 bits per heavy atom. The largest absolute Gasteiger partial charge is 0.368 e. The van der Waals surface area contributed by atoms with Gasteiger partial charge in [0.05, 0.1) is 0 Å². The second-order valence-electron chi connectivity index (χ2n) is 5.78. The maximum atomic E-state index is 12.9. The van der Waals surface area contributed by atoms with Crippen LogP contribution in [0.4, 0.5) is 5.95 Å². The molecule has 2 fully saturated rings. The summed E-state index contributed by atoms with van der Waals surface area (Å²) in [5.74, 6) is 0.864. The molecule has 0 unspecified atom stereocenters. The van der Waals surface area contributed by atoms with Crippen LogP contribution >= 0.6 is 24.8 Å². The predicted octanol–water partition coefficient (Wildman–Crippen LogP) is 0.737. The number of piperidine rings is 1. The van der Waals surface area contributed by atoms with Crippen molar-refractivity contribution in [1.82, 2.24) is 20.2 Å². The minimum absolute atomic E-state index is 0. The Kier molecular flexibility index (Phi) is 8.15. The number of carbonyl (C=O) groups is 1. The zero-order valence-electron chi connectivity index (χ0n) is 13.8. The molecule has 0 aliphatic carbocycles. The van der Waals surface area contributed by atoms with Gasteiger partial charge in [0.15, 0.2) is 0 Å². The van der Waals surface area contributed by atoms with E-state index in [1.54, 1.807) is 19.5 Å². The highest BCUT2D eigenvalue weighted by molar-refractivity contribution is 5.86. The molecule has 0 atom stereocenters. The van der Waals surface area contributed by atoms with Crippen molar-refractivity contribution < 1.29 is 9.53 Å². The van der Waals surface area contributed by atoms with E-state index in [0.717, 1.165) is 45.0 Å². The highest BCUT2D eigenvalue weighted by Gasteiger charge is 2.43. The van der Waals surface area contributed by atoms with Gasteiger partial charge in [-0.15, -0.1) is 24.8 Å². The number of anilines is 1. The van der Waals surface area contributed by atoms with Crippen LogP contribution in [0.2, 0.25) is 0 Å². The SMILES string of the molecule is COC1(C(=O)N2CCN(c3ncccn3)CC2)CCNCC1.Cl.Cl. The summed E-state index contributed by atoms with van der Waals surface area (Å²) in [6.45, 7) is 4.56. The maximum absolute atomic E-state index is 12.9. The van der Waals surface area contributed by atoms with Gasteiger partial charge in [0.1, 0.15) is 5.60 Å². The quantitative estimate of drug-likeness (QED) is 0.837. The minimum Gasteiger partial charge on any atom is -0.368 e. The van der Waals surface area contributed by atoms with Gasteiger partial charge in [-0.3, -0.25) is 4.79 Å². The van der Waals surface area contributed by atoms with Crippen molar-refractivity contribution in [2.45, 2.75) is 18.4 Å². The molecule has 0 saturated carbocycles. The number of ether oxygens (including phenoxy) is 1. The van der Waals surface area contributed by atoms with E-state index >= 15 is 0 Å². The fourth-order valence-electron chi connectivity index (χ4n) is 3.19. The Balaban J connectivity index is 0.00000144. The lowest BCUT2D eigenvalue weighted by molar-refractivity contribution is -0.158. The van der Waals surface area contributed by atoms with Crippen LogP contribution < -0.4 is 10.2 Å². The van der Waals surface area contributed by atoms with Crippen molar-refractivity contribution in [1.29, 1.82) is 0 Å². The van der Waals surface area contributed by atoms with E-state index in [1.165, 1.54) is 0 Å². The summed E-state index contributed by atoms with van der Waals surface area (Å²) in [6.07, 6.45) is 4.97. The summed E-state index contributed by atoms with van der Waals surface area (Å²) in [5.41, 5.74) is -0.642. The molecule has 3 rings (SSSR count). The van der Waals surface area contributed by atoms with E-state index in [4.69, 9.17) is 4.74 Å². The van der Waals surface area contributed by atoms with Crippen LogP contribution in [0, 0.1) is 0 Å². The van der Waals surface area contributed by atoms with Gasteiger partial charge in [0.2, 0.25) is 5.95 Å². The normalized spacial score (nSPS) is 19.9. The van der Waals surface area contributed by atoms with E-state index in [2.05, 4.69) is 20.2 Å². The molecule has 1 aromatic heterocycles. The molecule has 0 bridgehead atoms. The van der Waals surface area contributed by atoms with E-state index in [-0.39, 0.29) is 30.7 Å². The second-order valence-corrected chi connectivity index (χ2v) is 5.78. The molecule has 7 nitrogen and oxygen atoms in total. The van der Waals surface area contributed by atoms with Crippen LogP contribution in [-0.2, 0) is 9.53 Å². The summed E-state index contributed by atoms with van der Waals surface area (Å²) in [5, 5.41) is 3.28. The Hall–Kier alpha value is -1.15. The average Bonchev–Trinajstić information content (AvgIpc) is 2.62. The van der Waals surface area contributed by atoms with Crippen LogP contribution in [0.5, 0.6) is 0 Å². The van der Waals surface area contributed by atoms with Gasteiger partial charge in [0, 0.05) is 45.7 Å². The van der Waals surface area contributed by atoms with Crippen LogP contribution in [0.15, 0.2) is 18.5 Å². The Morgan fingerprint density at radius 3 is 2.25 bits per heavy atom. The Bertz CT molecular complexity index is 506. The first-order valence-corrected chi connectivity index (χ1v) is 7.82. The lowest BCUT2D eigenvalue weighted by Crippen LogP contribution is -2.59. The third kappa shape index (κ3) is 4.27. The molecule has 0 aromatic carbocycles. The third-order valence-corrected chi connectivity index (χ3v) is 4.59. The van der Waals surface area contributed by atoms with Crippen LogP contribution in [0.1, 0.15) is 12.8 Å². The first-order chi connectivity index (χ1) is 10.7. The van der Waals surface area contributed by atoms with Crippen LogP contribution in [0.25, 0.3) is 0 Å². The number of hydrogen-bond donors (Lipinski definition) is 1. The highest BCUT2D eigenvalue weighted by atomic mass is 35.5. The number of piperazine rings is 1. The predicted molar refractivity (Wildman–Crippen MR) is 97.2 cm³/mol. The molecule has 24 heavy (non-hydrogen) atoms. The zero-order valence-corrected chi connectivity index (χ0v) is 15.4. The number of hydrogen-bond acceptors (Lipinski definition) is 6. The second kappa shape index (κ2) is 9.36. The van der Waals surface area contributed by atoms with Crippen LogP contribution in [-0.4, -0.2) is 72.8 Å². The monoisotopic (exact) mass is 377 g/mol. The van der Waals surface area contributed by atoms with Crippen molar-refractivity contribution in [2.75, 3.05) is 51.3 Å². The molecule has 136 valence electrons. The third-order valence-electron chi connectivity index (χ3n) is 4.59. The molecule has 2 saturated heterocycles. The number of aromatic nitrogens is 2. The average molecular weight is 378 g/mol. The smallest absolute Gasteiger partial charge is 0.255 e. The van der Waals surface area contributed by atoms with Gasteiger partial charge in [-0.1, -0.05) is 0 Å². The van der Waals surface area contributed by atoms with Crippen LogP contribution in [0.3, 0.4) is 0 Å². The van der Waals surface area contributed by atoms with Crippen molar-refractivity contribution in [3.05, 3.63) is 18.5 Å². The van der Waals surface area contributed by atoms with Crippen molar-refractivity contribution in [2.24, 2.45) is 0 Å². The maximum Gasteiger partial charge on any atom is 0.255 e. The zero-order chi connectivity index (χ0) is 15.4. The number of rotatable bonds is 3. The molecule has 1 aromatic rings. The highest BCUT2D eigenvalue weighted by Crippen LogP contribution is 2.26. The molecule has 0 radical (unpaired) electrons. The standard InChI is InChI=1S/C15H23N5O2.2ClH/c1-22-15(3-7-16-8-4-15)13(21)19-9-11-20(12-10-19)14-17-5-2-6-18-14;;/h2,5-6,16H,3-4,7-12H2,1H3;2*1H. The molecule has 2 aliphatic rings. The number of nitrogens with one attached hydrogen (secondary N) is 1. The van der Waals surface area contributed by atoms with Gasteiger partial charge < -0.3 is 19.9 Å². The number of halogens is 2. The summed E-state index contributed by atoms with van der Waals surface area (Å²) in [4.78, 5) is 25.5. The Morgan fingerprint density at radius 1 is 1.12 bits per heavy atom. The molecule has 3 heterocycles. The van der Waals surface area contributed by atoms with E-state index in [1.807, 2.05) is 11.0 Å². The summed E-state index contributed by atoms with van der Waals surface area (Å²) < 4.78 is 5.64. The van der Waals surface area contributed by atoms with Gasteiger partial charge >= 0.3 is 0 Å². The van der Waals surface area contributed by atoms with Gasteiger partial charge in [0.25, 0.3) is 5.91 Å². The number of nitrogens with zero attached hydrogens (tertiary/aromatic N) is 4. The van der Waals surface area contributed by atoms with Crippen molar-refractivity contribution >= 4 is 36.7 Å². The van der Waals surface area contributed by atoms with E-state index < -0.39 is 5.60 Å². The number of methoxy groups -OCH3 is 1. The van der Waals surface area contributed by atoms with Gasteiger partial charge in [-0.25, -0.2) is 9.97 Å². The van der Waals surface area contributed by atoms with Gasteiger partial charge in [-0.05, 0) is 32.0 Å². The fourth-order valence-corrected chi connectivity index (χ4v) is 3.19. The van der Waals surface area contributed by atoms with E-state index in [9.17, 15) is 4.79 Å². The molecular formula is C15H25Cl2N5O2. The fraction of sp³-hybridized carbons (Fsp3) is 0.667. The Labute approximate surface area is 155 Å². The van der Waals surface area contributed by atoms with Gasteiger partial charge in [-0.2, -0.15) is 0 Å². The number of carbonyl (C=O) groups excluding carboxylic acids is 1. The minimum atomic E-state index is -0.642. The summed E-state index contributed by atoms with van der Waals surface area (Å²) in [6, 6.07) is 1.81. The molecule has 9 heteroatoms. The van der Waals surface area contributed by atoms with Crippen molar-refractivity contribution in [3.63, 3.8) is 0 Å². The molecular weight excluding hydrogens is 353 g/mol. The molecule has 1 N–H and O–H groups in total. The molecule has 1 amide bonds. The molecule has 0 spiro atoms. The first kappa shape index (κ1) is 20.9.